The van der Waals surface area contributed by atoms with Gasteiger partial charge in [-0.2, -0.15) is 5.10 Å². The molecule has 0 fully saturated rings. The summed E-state index contributed by atoms with van der Waals surface area (Å²) in [5.74, 6) is 0.169. The maximum Gasteiger partial charge on any atom is 0.357 e. The van der Waals surface area contributed by atoms with E-state index in [1.54, 1.807) is 0 Å². The van der Waals surface area contributed by atoms with Crippen molar-refractivity contribution >= 4 is 28.3 Å². The molecule has 0 radical (unpaired) electrons. The molecule has 0 bridgehead atoms. The summed E-state index contributed by atoms with van der Waals surface area (Å²) >= 11 is 1.27. The van der Waals surface area contributed by atoms with E-state index in [1.807, 2.05) is 38.1 Å². The molecule has 9 heteroatoms. The molecule has 150 valence electrons. The first-order valence-electron chi connectivity index (χ1n) is 9.16. The van der Waals surface area contributed by atoms with Gasteiger partial charge >= 0.3 is 5.97 Å². The lowest BCUT2D eigenvalue weighted by Crippen LogP contribution is -2.16. The Bertz CT molecular complexity index is 1090. The Morgan fingerprint density at radius 3 is 2.90 bits per heavy atom. The number of ether oxygens (including phenoxy) is 2. The minimum absolute atomic E-state index is 0.241. The summed E-state index contributed by atoms with van der Waals surface area (Å²) in [5.41, 5.74) is 2.78. The SMILES string of the molecule is COC(=O)c1nc(NC(=O)c2[nH]nc3c2COc2ccccc2-3)sc1CC(C)C. The first kappa shape index (κ1) is 19.1. The normalized spacial score (nSPS) is 12.1. The van der Waals surface area contributed by atoms with Crippen LogP contribution in [0.4, 0.5) is 5.13 Å². The molecule has 3 heterocycles. The highest BCUT2D eigenvalue weighted by Gasteiger charge is 2.27. The van der Waals surface area contributed by atoms with Crippen LogP contribution in [0.2, 0.25) is 0 Å². The third-order valence-corrected chi connectivity index (χ3v) is 5.49. The first-order valence-corrected chi connectivity index (χ1v) is 9.98. The van der Waals surface area contributed by atoms with E-state index in [2.05, 4.69) is 20.5 Å². The summed E-state index contributed by atoms with van der Waals surface area (Å²) in [6, 6.07) is 7.55. The number of carbonyl (C=O) groups excluding carboxylic acids is 2. The molecule has 0 atom stereocenters. The number of hydrogen-bond donors (Lipinski definition) is 2. The molecule has 2 N–H and O–H groups in total. The van der Waals surface area contributed by atoms with Gasteiger partial charge in [0.1, 0.15) is 23.7 Å². The van der Waals surface area contributed by atoms with Crippen molar-refractivity contribution in [2.45, 2.75) is 26.9 Å². The van der Waals surface area contributed by atoms with Gasteiger partial charge in [0.2, 0.25) is 0 Å². The van der Waals surface area contributed by atoms with Crippen LogP contribution in [0.3, 0.4) is 0 Å². The Hall–Kier alpha value is -3.20. The Balaban J connectivity index is 1.61. The number of fused-ring (bicyclic) bond motifs is 3. The average Bonchev–Trinajstić information content (AvgIpc) is 3.31. The van der Waals surface area contributed by atoms with Crippen LogP contribution in [0.1, 0.15) is 45.3 Å². The molecule has 4 rings (SSSR count). The molecule has 29 heavy (non-hydrogen) atoms. The second-order valence-electron chi connectivity index (χ2n) is 7.05. The van der Waals surface area contributed by atoms with Gasteiger partial charge in [0.05, 0.1) is 7.11 Å². The van der Waals surface area contributed by atoms with E-state index in [1.165, 1.54) is 18.4 Å². The zero-order valence-corrected chi connectivity index (χ0v) is 17.1. The molecule has 1 aliphatic rings. The van der Waals surface area contributed by atoms with Gasteiger partial charge in [-0.3, -0.25) is 15.2 Å². The smallest absolute Gasteiger partial charge is 0.357 e. The molecule has 1 amide bonds. The fourth-order valence-electron chi connectivity index (χ4n) is 3.18. The predicted octanol–water partition coefficient (Wildman–Crippen LogP) is 3.66. The summed E-state index contributed by atoms with van der Waals surface area (Å²) in [4.78, 5) is 29.9. The number of benzene rings is 1. The van der Waals surface area contributed by atoms with Crippen molar-refractivity contribution in [2.75, 3.05) is 12.4 Å². The zero-order chi connectivity index (χ0) is 20.5. The highest BCUT2D eigenvalue weighted by atomic mass is 32.1. The van der Waals surface area contributed by atoms with Crippen LogP contribution in [0.5, 0.6) is 5.75 Å². The van der Waals surface area contributed by atoms with Crippen molar-refractivity contribution in [1.29, 1.82) is 0 Å². The Kier molecular flexibility index (Phi) is 5.06. The van der Waals surface area contributed by atoms with Crippen LogP contribution < -0.4 is 10.1 Å². The molecule has 0 saturated heterocycles. The van der Waals surface area contributed by atoms with Crippen molar-refractivity contribution in [3.8, 4) is 17.0 Å². The summed E-state index contributed by atoms with van der Waals surface area (Å²) in [7, 11) is 1.31. The van der Waals surface area contributed by atoms with Crippen molar-refractivity contribution in [3.63, 3.8) is 0 Å². The maximum absolute atomic E-state index is 12.9. The quantitative estimate of drug-likeness (QED) is 0.620. The van der Waals surface area contributed by atoms with Crippen molar-refractivity contribution in [1.82, 2.24) is 15.2 Å². The lowest BCUT2D eigenvalue weighted by Gasteiger charge is -2.16. The monoisotopic (exact) mass is 412 g/mol. The number of para-hydroxylation sites is 1. The summed E-state index contributed by atoms with van der Waals surface area (Å²) < 4.78 is 10.6. The van der Waals surface area contributed by atoms with Crippen LogP contribution in [-0.4, -0.2) is 34.2 Å². The maximum atomic E-state index is 12.9. The number of H-pyrrole nitrogens is 1. The minimum atomic E-state index is -0.513. The van der Waals surface area contributed by atoms with Gasteiger partial charge in [-0.25, -0.2) is 9.78 Å². The van der Waals surface area contributed by atoms with Gasteiger partial charge in [0.15, 0.2) is 10.8 Å². The molecule has 8 nitrogen and oxygen atoms in total. The number of aromatic amines is 1. The third-order valence-electron chi connectivity index (χ3n) is 4.50. The van der Waals surface area contributed by atoms with Crippen LogP contribution in [0.25, 0.3) is 11.3 Å². The van der Waals surface area contributed by atoms with E-state index in [-0.39, 0.29) is 18.2 Å². The highest BCUT2D eigenvalue weighted by molar-refractivity contribution is 7.16. The van der Waals surface area contributed by atoms with Crippen molar-refractivity contribution < 1.29 is 19.1 Å². The van der Waals surface area contributed by atoms with Crippen LogP contribution in [0, 0.1) is 5.92 Å². The summed E-state index contributed by atoms with van der Waals surface area (Å²) in [6.45, 7) is 4.34. The fourth-order valence-corrected chi connectivity index (χ4v) is 4.34. The van der Waals surface area contributed by atoms with Crippen LogP contribution in [0.15, 0.2) is 24.3 Å². The molecule has 2 aromatic heterocycles. The highest BCUT2D eigenvalue weighted by Crippen LogP contribution is 2.37. The van der Waals surface area contributed by atoms with E-state index in [0.717, 1.165) is 16.2 Å². The summed E-state index contributed by atoms with van der Waals surface area (Å²) in [6.07, 6.45) is 0.669. The first-order chi connectivity index (χ1) is 14.0. The van der Waals surface area contributed by atoms with Crippen molar-refractivity contribution in [3.05, 3.63) is 46.1 Å². The number of esters is 1. The standard InChI is InChI=1S/C20H20N4O4S/c1-10(2)8-14-17(19(26)27-3)21-20(29-14)22-18(25)16-12-9-28-13-7-5-4-6-11(13)15(12)23-24-16/h4-7,10H,8-9H2,1-3H3,(H,23,24)(H,21,22,25). The number of carbonyl (C=O) groups is 2. The van der Waals surface area contributed by atoms with E-state index in [0.29, 0.717) is 34.4 Å². The van der Waals surface area contributed by atoms with Gasteiger partial charge in [0.25, 0.3) is 5.91 Å². The number of amides is 1. The van der Waals surface area contributed by atoms with Gasteiger partial charge in [-0.15, -0.1) is 11.3 Å². The molecular weight excluding hydrogens is 392 g/mol. The van der Waals surface area contributed by atoms with Crippen molar-refractivity contribution in [2.24, 2.45) is 5.92 Å². The molecule has 0 saturated carbocycles. The van der Waals surface area contributed by atoms with E-state index in [4.69, 9.17) is 9.47 Å². The van der Waals surface area contributed by atoms with E-state index < -0.39 is 5.97 Å². The molecular formula is C20H20N4O4S. The van der Waals surface area contributed by atoms with Gasteiger partial charge in [0, 0.05) is 16.0 Å². The van der Waals surface area contributed by atoms with Gasteiger partial charge in [-0.05, 0) is 24.5 Å². The zero-order valence-electron chi connectivity index (χ0n) is 16.2. The predicted molar refractivity (Wildman–Crippen MR) is 108 cm³/mol. The van der Waals surface area contributed by atoms with E-state index in [9.17, 15) is 9.59 Å². The van der Waals surface area contributed by atoms with Gasteiger partial charge in [-0.1, -0.05) is 26.0 Å². The number of methoxy groups -OCH3 is 1. The largest absolute Gasteiger partial charge is 0.488 e. The number of rotatable bonds is 5. The lowest BCUT2D eigenvalue weighted by atomic mass is 10.0. The minimum Gasteiger partial charge on any atom is -0.488 e. The Labute approximate surface area is 171 Å². The Morgan fingerprint density at radius 2 is 2.14 bits per heavy atom. The van der Waals surface area contributed by atoms with Gasteiger partial charge < -0.3 is 9.47 Å². The Morgan fingerprint density at radius 1 is 1.34 bits per heavy atom. The second-order valence-corrected chi connectivity index (χ2v) is 8.13. The molecule has 0 spiro atoms. The number of anilines is 1. The molecule has 0 aliphatic carbocycles. The number of nitrogens with one attached hydrogen (secondary N) is 2. The number of thiazole rings is 1. The molecule has 3 aromatic rings. The second kappa shape index (κ2) is 7.67. The molecule has 0 unspecified atom stereocenters. The van der Waals surface area contributed by atoms with Crippen LogP contribution in [-0.2, 0) is 17.8 Å². The summed E-state index contributed by atoms with van der Waals surface area (Å²) in [5, 5.41) is 10.2. The molecule has 1 aliphatic heterocycles. The number of hydrogen-bond acceptors (Lipinski definition) is 7. The lowest BCUT2D eigenvalue weighted by molar-refractivity contribution is 0.0593. The number of aromatic nitrogens is 3. The van der Waals surface area contributed by atoms with Crippen LogP contribution >= 0.6 is 11.3 Å². The van der Waals surface area contributed by atoms with E-state index >= 15 is 0 Å². The number of nitrogens with zero attached hydrogens (tertiary/aromatic N) is 2. The third kappa shape index (κ3) is 3.61. The fraction of sp³-hybridized carbons (Fsp3) is 0.300. The topological polar surface area (TPSA) is 106 Å². The molecule has 1 aromatic carbocycles. The average molecular weight is 412 g/mol.